The maximum Gasteiger partial charge on any atom is 0.251 e. The van der Waals surface area contributed by atoms with E-state index in [0.717, 1.165) is 32.7 Å². The van der Waals surface area contributed by atoms with E-state index in [4.69, 9.17) is 0 Å². The number of carbonyl (C=O) groups excluding carboxylic acids is 2. The zero-order chi connectivity index (χ0) is 15.1. The van der Waals surface area contributed by atoms with Crippen molar-refractivity contribution < 1.29 is 9.59 Å². The molecule has 0 aromatic heterocycles. The van der Waals surface area contributed by atoms with Crippen molar-refractivity contribution in [3.05, 3.63) is 35.4 Å². The van der Waals surface area contributed by atoms with Gasteiger partial charge in [0, 0.05) is 57.4 Å². The number of piperazine rings is 1. The van der Waals surface area contributed by atoms with E-state index < -0.39 is 0 Å². The van der Waals surface area contributed by atoms with Gasteiger partial charge in [0.05, 0.1) is 0 Å². The van der Waals surface area contributed by atoms with E-state index in [1.807, 2.05) is 0 Å². The highest BCUT2D eigenvalue weighted by atomic mass is 35.5. The second kappa shape index (κ2) is 9.40. The van der Waals surface area contributed by atoms with Crippen molar-refractivity contribution in [1.29, 1.82) is 0 Å². The Morgan fingerprint density at radius 3 is 2.45 bits per heavy atom. The molecular formula is C15H23ClN4O2. The fraction of sp³-hybridized carbons (Fsp3) is 0.467. The minimum Gasteiger partial charge on any atom is -0.355 e. The first kappa shape index (κ1) is 18.4. The highest BCUT2D eigenvalue weighted by Crippen LogP contribution is 2.05. The van der Waals surface area contributed by atoms with Crippen LogP contribution in [0.15, 0.2) is 24.3 Å². The van der Waals surface area contributed by atoms with Crippen LogP contribution in [-0.4, -0.2) is 63.0 Å². The summed E-state index contributed by atoms with van der Waals surface area (Å²) in [6.07, 6.45) is 0. The van der Waals surface area contributed by atoms with Crippen LogP contribution in [0.5, 0.6) is 0 Å². The third kappa shape index (κ3) is 5.29. The molecule has 0 radical (unpaired) electrons. The molecule has 0 unspecified atom stereocenters. The van der Waals surface area contributed by atoms with Crippen LogP contribution in [0.1, 0.15) is 20.7 Å². The summed E-state index contributed by atoms with van der Waals surface area (Å²) in [6, 6.07) is 6.73. The second-order valence-electron chi connectivity index (χ2n) is 5.01. The molecule has 6 nitrogen and oxygen atoms in total. The molecule has 7 heteroatoms. The van der Waals surface area contributed by atoms with Crippen LogP contribution in [0.25, 0.3) is 0 Å². The van der Waals surface area contributed by atoms with Gasteiger partial charge in [-0.1, -0.05) is 6.07 Å². The van der Waals surface area contributed by atoms with Crippen molar-refractivity contribution in [2.45, 2.75) is 0 Å². The van der Waals surface area contributed by atoms with Crippen LogP contribution in [0.4, 0.5) is 0 Å². The molecule has 0 saturated carbocycles. The smallest absolute Gasteiger partial charge is 0.251 e. The summed E-state index contributed by atoms with van der Waals surface area (Å²) in [5, 5.41) is 8.74. The fourth-order valence-electron chi connectivity index (χ4n) is 2.31. The van der Waals surface area contributed by atoms with Crippen molar-refractivity contribution >= 4 is 24.2 Å². The number of hydrogen-bond donors (Lipinski definition) is 3. The molecule has 1 fully saturated rings. The maximum absolute atomic E-state index is 12.1. The van der Waals surface area contributed by atoms with E-state index in [2.05, 4.69) is 20.9 Å². The Bertz CT molecular complexity index is 504. The van der Waals surface area contributed by atoms with E-state index in [1.54, 1.807) is 31.3 Å². The number of hydrogen-bond acceptors (Lipinski definition) is 4. The number of nitrogens with one attached hydrogen (secondary N) is 3. The summed E-state index contributed by atoms with van der Waals surface area (Å²) in [4.78, 5) is 25.9. The van der Waals surface area contributed by atoms with Gasteiger partial charge in [0.15, 0.2) is 0 Å². The summed E-state index contributed by atoms with van der Waals surface area (Å²) in [5.41, 5.74) is 1.00. The van der Waals surface area contributed by atoms with Gasteiger partial charge in [-0.05, 0) is 18.2 Å². The summed E-state index contributed by atoms with van der Waals surface area (Å²) in [5.74, 6) is -0.332. The molecule has 122 valence electrons. The van der Waals surface area contributed by atoms with E-state index in [-0.39, 0.29) is 24.2 Å². The van der Waals surface area contributed by atoms with Gasteiger partial charge in [0.1, 0.15) is 0 Å². The summed E-state index contributed by atoms with van der Waals surface area (Å²) >= 11 is 0. The van der Waals surface area contributed by atoms with E-state index in [1.165, 1.54) is 0 Å². The zero-order valence-corrected chi connectivity index (χ0v) is 13.5. The minimum absolute atomic E-state index is 0. The van der Waals surface area contributed by atoms with Gasteiger partial charge >= 0.3 is 0 Å². The van der Waals surface area contributed by atoms with Crippen LogP contribution in [0.2, 0.25) is 0 Å². The molecule has 1 heterocycles. The van der Waals surface area contributed by atoms with Crippen LogP contribution >= 0.6 is 12.4 Å². The average molecular weight is 327 g/mol. The first-order chi connectivity index (χ1) is 10.2. The molecule has 0 spiro atoms. The first-order valence-corrected chi connectivity index (χ1v) is 7.24. The number of amides is 2. The standard InChI is InChI=1S/C15H22N4O2.ClH/c1-16-14(20)12-3-2-4-13(11-12)15(21)18-7-10-19-8-5-17-6-9-19;/h2-4,11,17H,5-10H2,1H3,(H,16,20)(H,18,21);1H. The van der Waals surface area contributed by atoms with Crippen LogP contribution in [-0.2, 0) is 0 Å². The van der Waals surface area contributed by atoms with Gasteiger partial charge in [-0.3, -0.25) is 14.5 Å². The number of rotatable bonds is 5. The quantitative estimate of drug-likeness (QED) is 0.718. The molecule has 1 aliphatic heterocycles. The van der Waals surface area contributed by atoms with Crippen LogP contribution in [0.3, 0.4) is 0 Å². The van der Waals surface area contributed by atoms with Gasteiger partial charge in [-0.25, -0.2) is 0 Å². The maximum atomic E-state index is 12.1. The Morgan fingerprint density at radius 1 is 1.18 bits per heavy atom. The van der Waals surface area contributed by atoms with Crippen LogP contribution in [0, 0.1) is 0 Å². The zero-order valence-electron chi connectivity index (χ0n) is 12.7. The second-order valence-corrected chi connectivity index (χ2v) is 5.01. The normalized spacial score (nSPS) is 14.8. The minimum atomic E-state index is -0.189. The van der Waals surface area contributed by atoms with E-state index in [9.17, 15) is 9.59 Å². The van der Waals surface area contributed by atoms with Crippen molar-refractivity contribution in [3.8, 4) is 0 Å². The Hall–Kier alpha value is -1.63. The van der Waals surface area contributed by atoms with E-state index in [0.29, 0.717) is 17.7 Å². The highest BCUT2D eigenvalue weighted by molar-refractivity contribution is 5.99. The number of carbonyl (C=O) groups is 2. The SMILES string of the molecule is CNC(=O)c1cccc(C(=O)NCCN2CCNCC2)c1.Cl. The van der Waals surface area contributed by atoms with Gasteiger partial charge in [-0.15, -0.1) is 12.4 Å². The highest BCUT2D eigenvalue weighted by Gasteiger charge is 2.11. The molecule has 2 rings (SSSR count). The lowest BCUT2D eigenvalue weighted by Crippen LogP contribution is -2.46. The molecule has 1 aromatic carbocycles. The third-order valence-corrected chi connectivity index (χ3v) is 3.54. The van der Waals surface area contributed by atoms with Crippen molar-refractivity contribution in [2.75, 3.05) is 46.3 Å². The lowest BCUT2D eigenvalue weighted by atomic mass is 10.1. The number of benzene rings is 1. The Labute approximate surface area is 137 Å². The predicted octanol–water partition coefficient (Wildman–Crippen LogP) is 0.103. The van der Waals surface area contributed by atoms with Gasteiger partial charge in [-0.2, -0.15) is 0 Å². The van der Waals surface area contributed by atoms with Gasteiger partial charge < -0.3 is 16.0 Å². The first-order valence-electron chi connectivity index (χ1n) is 7.24. The summed E-state index contributed by atoms with van der Waals surface area (Å²) in [6.45, 7) is 5.50. The molecule has 2 amide bonds. The van der Waals surface area contributed by atoms with Gasteiger partial charge in [0.2, 0.25) is 0 Å². The van der Waals surface area contributed by atoms with Crippen molar-refractivity contribution in [1.82, 2.24) is 20.9 Å². The predicted molar refractivity (Wildman–Crippen MR) is 88.7 cm³/mol. The van der Waals surface area contributed by atoms with Crippen molar-refractivity contribution in [3.63, 3.8) is 0 Å². The molecule has 22 heavy (non-hydrogen) atoms. The molecular weight excluding hydrogens is 304 g/mol. The van der Waals surface area contributed by atoms with Gasteiger partial charge in [0.25, 0.3) is 11.8 Å². The molecule has 1 aromatic rings. The molecule has 0 atom stereocenters. The number of halogens is 1. The molecule has 1 saturated heterocycles. The lowest BCUT2D eigenvalue weighted by molar-refractivity contribution is 0.0947. The fourth-order valence-corrected chi connectivity index (χ4v) is 2.31. The molecule has 3 N–H and O–H groups in total. The summed E-state index contributed by atoms with van der Waals surface area (Å²) in [7, 11) is 1.57. The topological polar surface area (TPSA) is 73.5 Å². The molecule has 0 bridgehead atoms. The lowest BCUT2D eigenvalue weighted by Gasteiger charge is -2.27. The largest absolute Gasteiger partial charge is 0.355 e. The third-order valence-electron chi connectivity index (χ3n) is 3.54. The average Bonchev–Trinajstić information content (AvgIpc) is 2.55. The molecule has 0 aliphatic carbocycles. The Kier molecular flexibility index (Phi) is 7.87. The Balaban J connectivity index is 0.00000242. The van der Waals surface area contributed by atoms with E-state index >= 15 is 0 Å². The number of nitrogens with zero attached hydrogens (tertiary/aromatic N) is 1. The molecule has 1 aliphatic rings. The summed E-state index contributed by atoms with van der Waals surface area (Å²) < 4.78 is 0. The Morgan fingerprint density at radius 2 is 1.82 bits per heavy atom. The monoisotopic (exact) mass is 326 g/mol. The van der Waals surface area contributed by atoms with Crippen molar-refractivity contribution in [2.24, 2.45) is 0 Å². The van der Waals surface area contributed by atoms with Crippen LogP contribution < -0.4 is 16.0 Å².